The van der Waals surface area contributed by atoms with Crippen LogP contribution in [0.2, 0.25) is 0 Å². The van der Waals surface area contributed by atoms with Gasteiger partial charge in [-0.25, -0.2) is 9.59 Å². The van der Waals surface area contributed by atoms with Crippen LogP contribution in [-0.4, -0.2) is 25.6 Å². The third-order valence-electron chi connectivity index (χ3n) is 4.35. The van der Waals surface area contributed by atoms with Gasteiger partial charge in [-0.05, 0) is 35.7 Å². The van der Waals surface area contributed by atoms with Crippen molar-refractivity contribution >= 4 is 28.5 Å². The molecule has 0 spiro atoms. The highest BCUT2D eigenvalue weighted by atomic mass is 16.5. The Morgan fingerprint density at radius 2 is 1.86 bits per heavy atom. The quantitative estimate of drug-likeness (QED) is 0.505. The maximum Gasteiger partial charge on any atom is 0.339 e. The van der Waals surface area contributed by atoms with Crippen molar-refractivity contribution in [2.75, 3.05) is 19.0 Å². The molecule has 0 aliphatic heterocycles. The van der Waals surface area contributed by atoms with Gasteiger partial charge in [0.2, 0.25) is 0 Å². The van der Waals surface area contributed by atoms with Crippen LogP contribution in [0.15, 0.2) is 57.7 Å². The van der Waals surface area contributed by atoms with E-state index in [4.69, 9.17) is 13.9 Å². The van der Waals surface area contributed by atoms with Gasteiger partial charge in [-0.1, -0.05) is 26.0 Å². The Morgan fingerprint density at radius 3 is 2.59 bits per heavy atom. The van der Waals surface area contributed by atoms with Crippen molar-refractivity contribution in [2.24, 2.45) is 0 Å². The lowest BCUT2D eigenvalue weighted by atomic mass is 10.00. The first-order valence-corrected chi connectivity index (χ1v) is 9.07. The number of nitrogens with one attached hydrogen (secondary N) is 1. The minimum absolute atomic E-state index is 0.161. The Balaban J connectivity index is 1.73. The molecule has 3 rings (SSSR count). The number of hydrogen-bond donors (Lipinski definition) is 1. The third kappa shape index (κ3) is 4.63. The Labute approximate surface area is 167 Å². The summed E-state index contributed by atoms with van der Waals surface area (Å²) < 4.78 is 15.5. The molecule has 0 saturated heterocycles. The Bertz CT molecular complexity index is 1120. The summed E-state index contributed by atoms with van der Waals surface area (Å²) in [5.41, 5.74) is 1.43. The number of rotatable bonds is 6. The van der Waals surface area contributed by atoms with Crippen molar-refractivity contribution in [1.82, 2.24) is 0 Å². The van der Waals surface area contributed by atoms with E-state index >= 15 is 0 Å². The summed E-state index contributed by atoms with van der Waals surface area (Å²) >= 11 is 0. The van der Waals surface area contributed by atoms with Crippen molar-refractivity contribution < 1.29 is 23.5 Å². The van der Waals surface area contributed by atoms with Crippen LogP contribution in [0.3, 0.4) is 0 Å². The molecule has 0 radical (unpaired) electrons. The maximum absolute atomic E-state index is 12.2. The summed E-state index contributed by atoms with van der Waals surface area (Å²) in [6, 6.07) is 13.1. The number of amides is 1. The number of methoxy groups -OCH3 is 1. The first-order valence-electron chi connectivity index (χ1n) is 9.07. The predicted molar refractivity (Wildman–Crippen MR) is 108 cm³/mol. The lowest BCUT2D eigenvalue weighted by molar-refractivity contribution is -0.118. The number of hydrogen-bond acceptors (Lipinski definition) is 6. The topological polar surface area (TPSA) is 94.8 Å². The van der Waals surface area contributed by atoms with E-state index in [2.05, 4.69) is 5.32 Å². The van der Waals surface area contributed by atoms with Crippen LogP contribution >= 0.6 is 0 Å². The number of para-hydroxylation sites is 1. The molecule has 0 bridgehead atoms. The molecule has 1 amide bonds. The summed E-state index contributed by atoms with van der Waals surface area (Å²) in [4.78, 5) is 35.8. The molecule has 7 nitrogen and oxygen atoms in total. The lowest BCUT2D eigenvalue weighted by Gasteiger charge is -2.12. The fourth-order valence-electron chi connectivity index (χ4n) is 2.95. The highest BCUT2D eigenvalue weighted by Gasteiger charge is 2.14. The predicted octanol–water partition coefficient (Wildman–Crippen LogP) is 3.72. The average Bonchev–Trinajstić information content (AvgIpc) is 2.71. The van der Waals surface area contributed by atoms with Gasteiger partial charge in [0.25, 0.3) is 5.91 Å². The van der Waals surface area contributed by atoms with E-state index in [1.165, 1.54) is 13.2 Å². The van der Waals surface area contributed by atoms with Crippen LogP contribution in [-0.2, 0) is 9.53 Å². The highest BCUT2D eigenvalue weighted by molar-refractivity contribution is 6.01. The minimum Gasteiger partial charge on any atom is -0.484 e. The van der Waals surface area contributed by atoms with Crippen molar-refractivity contribution in [2.45, 2.75) is 19.8 Å². The van der Waals surface area contributed by atoms with Crippen molar-refractivity contribution in [3.8, 4) is 5.75 Å². The summed E-state index contributed by atoms with van der Waals surface area (Å²) in [5, 5.41) is 3.45. The molecule has 0 atom stereocenters. The van der Waals surface area contributed by atoms with Crippen LogP contribution in [0.1, 0.15) is 35.7 Å². The molecule has 2 aromatic carbocycles. The van der Waals surface area contributed by atoms with Gasteiger partial charge in [0.1, 0.15) is 11.3 Å². The number of esters is 1. The first-order chi connectivity index (χ1) is 13.9. The zero-order valence-electron chi connectivity index (χ0n) is 16.4. The molecule has 1 heterocycles. The second-order valence-electron chi connectivity index (χ2n) is 6.71. The third-order valence-corrected chi connectivity index (χ3v) is 4.35. The summed E-state index contributed by atoms with van der Waals surface area (Å²) in [6.07, 6.45) is 0. The molecule has 0 unspecified atom stereocenters. The van der Waals surface area contributed by atoms with E-state index in [1.807, 2.05) is 13.8 Å². The summed E-state index contributed by atoms with van der Waals surface area (Å²) in [6.45, 7) is 3.71. The van der Waals surface area contributed by atoms with Crippen molar-refractivity contribution in [1.29, 1.82) is 0 Å². The molecule has 0 aliphatic rings. The normalized spacial score (nSPS) is 10.8. The highest BCUT2D eigenvalue weighted by Crippen LogP contribution is 2.27. The second-order valence-corrected chi connectivity index (χ2v) is 6.71. The van der Waals surface area contributed by atoms with E-state index in [-0.39, 0.29) is 18.1 Å². The van der Waals surface area contributed by atoms with Crippen molar-refractivity contribution in [3.63, 3.8) is 0 Å². The van der Waals surface area contributed by atoms with Crippen LogP contribution < -0.4 is 15.7 Å². The van der Waals surface area contributed by atoms with Crippen LogP contribution in [0.25, 0.3) is 11.0 Å². The van der Waals surface area contributed by atoms with Crippen LogP contribution in [0.4, 0.5) is 5.69 Å². The fraction of sp³-hybridized carbons (Fsp3) is 0.227. The van der Waals surface area contributed by atoms with E-state index in [0.29, 0.717) is 17.0 Å². The molecule has 1 N–H and O–H groups in total. The van der Waals surface area contributed by atoms with Gasteiger partial charge >= 0.3 is 11.6 Å². The van der Waals surface area contributed by atoms with Crippen molar-refractivity contribution in [3.05, 3.63) is 70.1 Å². The molecular weight excluding hydrogens is 374 g/mol. The Morgan fingerprint density at radius 1 is 1.10 bits per heavy atom. The molecule has 3 aromatic rings. The molecule has 1 aromatic heterocycles. The van der Waals surface area contributed by atoms with E-state index < -0.39 is 17.5 Å². The Kier molecular flexibility index (Phi) is 5.97. The minimum atomic E-state index is -0.549. The van der Waals surface area contributed by atoms with Gasteiger partial charge in [-0.2, -0.15) is 0 Å². The van der Waals surface area contributed by atoms with Gasteiger partial charge in [0.05, 0.1) is 18.4 Å². The number of carbonyl (C=O) groups excluding carboxylic acids is 2. The number of carbonyl (C=O) groups is 2. The first kappa shape index (κ1) is 20.1. The van der Waals surface area contributed by atoms with Crippen LogP contribution in [0.5, 0.6) is 5.75 Å². The van der Waals surface area contributed by atoms with Gasteiger partial charge in [0, 0.05) is 17.5 Å². The summed E-state index contributed by atoms with van der Waals surface area (Å²) in [7, 11) is 1.27. The van der Waals surface area contributed by atoms with Gasteiger partial charge in [-0.15, -0.1) is 0 Å². The molecule has 0 fully saturated rings. The van der Waals surface area contributed by atoms with E-state index in [0.717, 1.165) is 10.9 Å². The smallest absolute Gasteiger partial charge is 0.339 e. The average molecular weight is 395 g/mol. The molecule has 0 aliphatic carbocycles. The summed E-state index contributed by atoms with van der Waals surface area (Å²) in [5.74, 6) is -0.446. The number of ether oxygens (including phenoxy) is 2. The van der Waals surface area contributed by atoms with Gasteiger partial charge in [-0.3, -0.25) is 4.79 Å². The maximum atomic E-state index is 12.2. The van der Waals surface area contributed by atoms with Gasteiger partial charge < -0.3 is 19.2 Å². The SMILES string of the molecule is COC(=O)c1ccccc1NC(=O)COc1ccc2c(C(C)C)cc(=O)oc2c1. The zero-order chi connectivity index (χ0) is 21.0. The number of fused-ring (bicyclic) bond motifs is 1. The molecule has 0 saturated carbocycles. The zero-order valence-corrected chi connectivity index (χ0v) is 16.4. The van der Waals surface area contributed by atoms with E-state index in [1.54, 1.807) is 42.5 Å². The molecule has 29 heavy (non-hydrogen) atoms. The Hall–Kier alpha value is -3.61. The van der Waals surface area contributed by atoms with E-state index in [9.17, 15) is 14.4 Å². The molecule has 150 valence electrons. The largest absolute Gasteiger partial charge is 0.484 e. The number of anilines is 1. The standard InChI is InChI=1S/C22H21NO6/c1-13(2)17-11-21(25)29-19-10-14(8-9-15(17)19)28-12-20(24)23-18-7-5-4-6-16(18)22(26)27-3/h4-11,13H,12H2,1-3H3,(H,23,24). The van der Waals surface area contributed by atoms with Gasteiger partial charge in [0.15, 0.2) is 6.61 Å². The monoisotopic (exact) mass is 395 g/mol. The number of benzene rings is 2. The molecule has 7 heteroatoms. The molecular formula is C22H21NO6. The van der Waals surface area contributed by atoms with Crippen LogP contribution in [0, 0.1) is 0 Å². The lowest BCUT2D eigenvalue weighted by Crippen LogP contribution is -2.21. The second kappa shape index (κ2) is 8.60. The fourth-order valence-corrected chi connectivity index (χ4v) is 2.95.